The maximum atomic E-state index is 5.98. The number of fused-ring (bicyclic) bond motifs is 1. The molecular formula is C19H22O3. The molecule has 2 aromatic rings. The largest absolute Gasteiger partial charge is 0.493 e. The Morgan fingerprint density at radius 2 is 1.73 bits per heavy atom. The summed E-state index contributed by atoms with van der Waals surface area (Å²) in [5.74, 6) is 2.43. The highest BCUT2D eigenvalue weighted by molar-refractivity contribution is 5.56. The van der Waals surface area contributed by atoms with Gasteiger partial charge in [-0.2, -0.15) is 0 Å². The minimum Gasteiger partial charge on any atom is -0.493 e. The van der Waals surface area contributed by atoms with Crippen molar-refractivity contribution in [2.24, 2.45) is 0 Å². The van der Waals surface area contributed by atoms with Crippen LogP contribution in [0.2, 0.25) is 0 Å². The molecule has 1 aliphatic rings. The van der Waals surface area contributed by atoms with Crippen LogP contribution in [0, 0.1) is 0 Å². The van der Waals surface area contributed by atoms with Crippen molar-refractivity contribution in [1.29, 1.82) is 0 Å². The Hall–Kier alpha value is -2.16. The first-order valence-electron chi connectivity index (χ1n) is 7.75. The van der Waals surface area contributed by atoms with Crippen LogP contribution in [0.1, 0.15) is 38.3 Å². The van der Waals surface area contributed by atoms with Crippen molar-refractivity contribution in [3.8, 4) is 17.2 Å². The number of benzene rings is 2. The maximum absolute atomic E-state index is 5.98. The minimum atomic E-state index is -0.175. The topological polar surface area (TPSA) is 27.7 Å². The Morgan fingerprint density at radius 3 is 2.41 bits per heavy atom. The third-order valence-corrected chi connectivity index (χ3v) is 4.11. The second kappa shape index (κ2) is 5.91. The van der Waals surface area contributed by atoms with E-state index in [1.807, 2.05) is 12.1 Å². The van der Waals surface area contributed by atoms with E-state index < -0.39 is 0 Å². The molecule has 1 aliphatic heterocycles. The van der Waals surface area contributed by atoms with Gasteiger partial charge in [0.2, 0.25) is 6.79 Å². The van der Waals surface area contributed by atoms with Crippen molar-refractivity contribution in [1.82, 2.24) is 0 Å². The van der Waals surface area contributed by atoms with E-state index in [2.05, 4.69) is 51.1 Å². The molecule has 0 unspecified atom stereocenters. The normalized spacial score (nSPS) is 13.2. The molecule has 0 bridgehead atoms. The standard InChI is InChI=1S/C19H22O3/c1-4-10-20-16-12-18-17(21-13-22-18)11-15(16)19(2,3)14-8-6-5-7-9-14/h5-9,11-12H,4,10,13H2,1-3H3. The van der Waals surface area contributed by atoms with Gasteiger partial charge in [-0.3, -0.25) is 0 Å². The average Bonchev–Trinajstić information content (AvgIpc) is 3.00. The molecule has 0 saturated heterocycles. The summed E-state index contributed by atoms with van der Waals surface area (Å²) in [4.78, 5) is 0. The highest BCUT2D eigenvalue weighted by atomic mass is 16.7. The molecule has 0 amide bonds. The van der Waals surface area contributed by atoms with Crippen LogP contribution in [0.15, 0.2) is 42.5 Å². The summed E-state index contributed by atoms with van der Waals surface area (Å²) in [6.07, 6.45) is 0.972. The molecule has 22 heavy (non-hydrogen) atoms. The van der Waals surface area contributed by atoms with Crippen molar-refractivity contribution in [3.63, 3.8) is 0 Å². The van der Waals surface area contributed by atoms with Crippen molar-refractivity contribution >= 4 is 0 Å². The van der Waals surface area contributed by atoms with Gasteiger partial charge in [0.15, 0.2) is 11.5 Å². The Bertz CT molecular complexity index is 647. The van der Waals surface area contributed by atoms with E-state index in [1.165, 1.54) is 5.56 Å². The maximum Gasteiger partial charge on any atom is 0.231 e. The van der Waals surface area contributed by atoms with E-state index in [0.717, 1.165) is 29.2 Å². The van der Waals surface area contributed by atoms with Crippen molar-refractivity contribution in [3.05, 3.63) is 53.6 Å². The summed E-state index contributed by atoms with van der Waals surface area (Å²) in [6.45, 7) is 7.49. The van der Waals surface area contributed by atoms with Gasteiger partial charge in [0, 0.05) is 17.0 Å². The van der Waals surface area contributed by atoms with Gasteiger partial charge >= 0.3 is 0 Å². The Kier molecular flexibility index (Phi) is 3.97. The van der Waals surface area contributed by atoms with Crippen LogP contribution < -0.4 is 14.2 Å². The van der Waals surface area contributed by atoms with Crippen LogP contribution in [0.4, 0.5) is 0 Å². The summed E-state index contributed by atoms with van der Waals surface area (Å²) in [6, 6.07) is 14.5. The van der Waals surface area contributed by atoms with Crippen LogP contribution in [0.25, 0.3) is 0 Å². The predicted octanol–water partition coefficient (Wildman–Crippen LogP) is 4.53. The molecule has 0 saturated carbocycles. The molecule has 3 nitrogen and oxygen atoms in total. The molecule has 0 aromatic heterocycles. The molecule has 1 heterocycles. The smallest absolute Gasteiger partial charge is 0.231 e. The average molecular weight is 298 g/mol. The van der Waals surface area contributed by atoms with Crippen LogP contribution in [0.5, 0.6) is 17.2 Å². The van der Waals surface area contributed by atoms with Gasteiger partial charge < -0.3 is 14.2 Å². The zero-order valence-corrected chi connectivity index (χ0v) is 13.4. The van der Waals surface area contributed by atoms with E-state index in [4.69, 9.17) is 14.2 Å². The highest BCUT2D eigenvalue weighted by Gasteiger charge is 2.30. The van der Waals surface area contributed by atoms with Crippen molar-refractivity contribution in [2.45, 2.75) is 32.6 Å². The fourth-order valence-corrected chi connectivity index (χ4v) is 2.75. The highest BCUT2D eigenvalue weighted by Crippen LogP contribution is 2.45. The van der Waals surface area contributed by atoms with E-state index in [1.54, 1.807) is 0 Å². The number of ether oxygens (including phenoxy) is 3. The quantitative estimate of drug-likeness (QED) is 0.811. The fraction of sp³-hybridized carbons (Fsp3) is 0.368. The molecule has 3 heteroatoms. The van der Waals surface area contributed by atoms with Gasteiger partial charge in [-0.1, -0.05) is 51.1 Å². The lowest BCUT2D eigenvalue weighted by molar-refractivity contribution is 0.173. The molecule has 0 aliphatic carbocycles. The van der Waals surface area contributed by atoms with Gasteiger partial charge in [0.1, 0.15) is 5.75 Å². The first kappa shape index (κ1) is 14.8. The van der Waals surface area contributed by atoms with Gasteiger partial charge in [-0.05, 0) is 18.1 Å². The Balaban J connectivity index is 2.08. The van der Waals surface area contributed by atoms with Crippen LogP contribution in [-0.2, 0) is 5.41 Å². The second-order valence-electron chi connectivity index (χ2n) is 6.04. The summed E-state index contributed by atoms with van der Waals surface area (Å²) in [5.41, 5.74) is 2.19. The zero-order chi connectivity index (χ0) is 15.6. The molecule has 0 fully saturated rings. The van der Waals surface area contributed by atoms with E-state index in [-0.39, 0.29) is 12.2 Å². The minimum absolute atomic E-state index is 0.175. The van der Waals surface area contributed by atoms with E-state index >= 15 is 0 Å². The second-order valence-corrected chi connectivity index (χ2v) is 6.04. The molecule has 0 N–H and O–H groups in total. The van der Waals surface area contributed by atoms with Gasteiger partial charge in [0.25, 0.3) is 0 Å². The van der Waals surface area contributed by atoms with Crippen molar-refractivity contribution in [2.75, 3.05) is 13.4 Å². The fourth-order valence-electron chi connectivity index (χ4n) is 2.75. The first-order valence-corrected chi connectivity index (χ1v) is 7.75. The van der Waals surface area contributed by atoms with Crippen molar-refractivity contribution < 1.29 is 14.2 Å². The van der Waals surface area contributed by atoms with Crippen LogP contribution in [0.3, 0.4) is 0 Å². The Morgan fingerprint density at radius 1 is 1.05 bits per heavy atom. The van der Waals surface area contributed by atoms with E-state index in [9.17, 15) is 0 Å². The first-order chi connectivity index (χ1) is 10.6. The summed E-state index contributed by atoms with van der Waals surface area (Å²) >= 11 is 0. The predicted molar refractivity (Wildman–Crippen MR) is 86.9 cm³/mol. The molecule has 3 rings (SSSR count). The lowest BCUT2D eigenvalue weighted by atomic mass is 9.77. The third-order valence-electron chi connectivity index (χ3n) is 4.11. The monoisotopic (exact) mass is 298 g/mol. The molecule has 0 atom stereocenters. The number of rotatable bonds is 5. The van der Waals surface area contributed by atoms with Gasteiger partial charge in [-0.25, -0.2) is 0 Å². The molecule has 116 valence electrons. The van der Waals surface area contributed by atoms with Gasteiger partial charge in [-0.15, -0.1) is 0 Å². The molecule has 2 aromatic carbocycles. The zero-order valence-electron chi connectivity index (χ0n) is 13.4. The van der Waals surface area contributed by atoms with Crippen LogP contribution >= 0.6 is 0 Å². The number of hydrogen-bond acceptors (Lipinski definition) is 3. The molecule has 0 radical (unpaired) electrons. The van der Waals surface area contributed by atoms with Crippen LogP contribution in [-0.4, -0.2) is 13.4 Å². The Labute approximate surface area is 131 Å². The summed E-state index contributed by atoms with van der Waals surface area (Å²) in [5, 5.41) is 0. The molecular weight excluding hydrogens is 276 g/mol. The third kappa shape index (κ3) is 2.63. The van der Waals surface area contributed by atoms with Gasteiger partial charge in [0.05, 0.1) is 6.61 Å². The summed E-state index contributed by atoms with van der Waals surface area (Å²) in [7, 11) is 0. The lowest BCUT2D eigenvalue weighted by Crippen LogP contribution is -2.20. The summed E-state index contributed by atoms with van der Waals surface area (Å²) < 4.78 is 17.0. The SMILES string of the molecule is CCCOc1cc2c(cc1C(C)(C)c1ccccc1)OCO2. The lowest BCUT2D eigenvalue weighted by Gasteiger charge is -2.28. The molecule has 0 spiro atoms. The van der Waals surface area contributed by atoms with E-state index in [0.29, 0.717) is 6.61 Å². The number of hydrogen-bond donors (Lipinski definition) is 0.